The van der Waals surface area contributed by atoms with Gasteiger partial charge in [-0.05, 0) is 26.8 Å². The van der Waals surface area contributed by atoms with E-state index in [1.54, 1.807) is 18.9 Å². The first-order valence-corrected chi connectivity index (χ1v) is 12.7. The van der Waals surface area contributed by atoms with Crippen molar-refractivity contribution >= 4 is 35.5 Å². The van der Waals surface area contributed by atoms with E-state index in [2.05, 4.69) is 16.0 Å². The summed E-state index contributed by atoms with van der Waals surface area (Å²) in [6.07, 6.45) is 1.40. The third kappa shape index (κ3) is 4.43. The lowest BCUT2D eigenvalue weighted by Crippen LogP contribution is -2.66. The molecule has 11 nitrogen and oxygen atoms in total. The summed E-state index contributed by atoms with van der Waals surface area (Å²) < 4.78 is 0. The molecule has 1 unspecified atom stereocenters. The number of likely N-dealkylation sites (tertiary alicyclic amines) is 1. The zero-order valence-electron chi connectivity index (χ0n) is 19.7. The second kappa shape index (κ2) is 9.84. The quantitative estimate of drug-likeness (QED) is 0.254. The minimum Gasteiger partial charge on any atom is -0.477 e. The molecule has 12 heteroatoms. The largest absolute Gasteiger partial charge is 0.477 e. The Bertz CT molecular complexity index is 912. The highest BCUT2D eigenvalue weighted by molar-refractivity contribution is 8.03. The van der Waals surface area contributed by atoms with Crippen LogP contribution in [-0.4, -0.2) is 101 Å². The van der Waals surface area contributed by atoms with Crippen LogP contribution in [0.2, 0.25) is 0 Å². The maximum Gasteiger partial charge on any atom is 0.353 e. The Kier molecular flexibility index (Phi) is 7.22. The number of carboxylic acid groups (broad SMARTS) is 1. The molecule has 4 heterocycles. The van der Waals surface area contributed by atoms with Crippen LogP contribution in [0.25, 0.3) is 0 Å². The van der Waals surface area contributed by atoms with E-state index in [4.69, 9.17) is 5.73 Å². The number of β-lactam (4-membered cyclic amide) rings is 1. The lowest BCUT2D eigenvalue weighted by atomic mass is 9.78. The van der Waals surface area contributed by atoms with Crippen LogP contribution in [0.3, 0.4) is 0 Å². The van der Waals surface area contributed by atoms with Crippen LogP contribution in [-0.2, 0) is 19.2 Å². The Morgan fingerprint density at radius 3 is 2.71 bits per heavy atom. The average molecular weight is 495 g/mol. The van der Waals surface area contributed by atoms with Crippen LogP contribution >= 0.6 is 11.8 Å². The predicted molar refractivity (Wildman–Crippen MR) is 126 cm³/mol. The summed E-state index contributed by atoms with van der Waals surface area (Å²) in [7, 11) is 1.67. The number of nitrogens with zero attached hydrogens (tertiary/aromatic N) is 2. The molecular formula is C22H34N6O5S. The zero-order valence-corrected chi connectivity index (χ0v) is 20.6. The fraction of sp³-hybridized carbons (Fsp3) is 0.727. The van der Waals surface area contributed by atoms with Gasteiger partial charge in [-0.1, -0.05) is 6.92 Å². The molecule has 3 amide bonds. The van der Waals surface area contributed by atoms with E-state index in [1.165, 1.54) is 16.7 Å². The smallest absolute Gasteiger partial charge is 0.353 e. The molecular weight excluding hydrogens is 460 g/mol. The number of carbonyl (C=O) groups excluding carboxylic acids is 3. The molecule has 0 saturated carbocycles. The Morgan fingerprint density at radius 1 is 1.35 bits per heavy atom. The first-order chi connectivity index (χ1) is 16.1. The Balaban J connectivity index is 1.43. The second-order valence-electron chi connectivity index (χ2n) is 9.69. The van der Waals surface area contributed by atoms with Gasteiger partial charge < -0.3 is 36.6 Å². The van der Waals surface area contributed by atoms with Crippen LogP contribution in [0.1, 0.15) is 26.7 Å². The van der Waals surface area contributed by atoms with E-state index in [-0.39, 0.29) is 59.3 Å². The SMILES string of the molecule is CNCC(=O)NC(C)[C@H]1C(=O)N2C(C(=O)O)=C(S[C@@H]3CN[C@H](C(=O)N4CC[C@H](N)C4)C3)[C@H](C)[C@H]12. The Hall–Kier alpha value is -2.15. The molecule has 7 atom stereocenters. The van der Waals surface area contributed by atoms with Crippen LogP contribution in [0.4, 0.5) is 0 Å². The van der Waals surface area contributed by atoms with Gasteiger partial charge in [0.1, 0.15) is 5.70 Å². The average Bonchev–Trinajstić information content (AvgIpc) is 3.46. The molecule has 0 aliphatic carbocycles. The number of thioether (sulfide) groups is 1. The molecule has 0 spiro atoms. The first kappa shape index (κ1) is 25.0. The molecule has 188 valence electrons. The number of likely N-dealkylation sites (N-methyl/N-ethyl adjacent to an activating group) is 1. The van der Waals surface area contributed by atoms with Crippen molar-refractivity contribution < 1.29 is 24.3 Å². The van der Waals surface area contributed by atoms with E-state index < -0.39 is 17.9 Å². The van der Waals surface area contributed by atoms with Crippen molar-refractivity contribution in [2.24, 2.45) is 17.6 Å². The van der Waals surface area contributed by atoms with Crippen molar-refractivity contribution in [2.75, 3.05) is 33.2 Å². The van der Waals surface area contributed by atoms with E-state index in [0.29, 0.717) is 31.0 Å². The van der Waals surface area contributed by atoms with Gasteiger partial charge in [-0.25, -0.2) is 4.79 Å². The van der Waals surface area contributed by atoms with Crippen LogP contribution in [0.5, 0.6) is 0 Å². The summed E-state index contributed by atoms with van der Waals surface area (Å²) in [6.45, 7) is 5.70. The summed E-state index contributed by atoms with van der Waals surface area (Å²) in [4.78, 5) is 53.8. The van der Waals surface area contributed by atoms with Gasteiger partial charge in [0.25, 0.3) is 0 Å². The van der Waals surface area contributed by atoms with E-state index in [9.17, 15) is 24.3 Å². The summed E-state index contributed by atoms with van der Waals surface area (Å²) in [5.74, 6) is -2.20. The second-order valence-corrected chi connectivity index (χ2v) is 11.0. The monoisotopic (exact) mass is 494 g/mol. The predicted octanol–water partition coefficient (Wildman–Crippen LogP) is -1.49. The Labute approximate surface area is 203 Å². The number of carboxylic acids is 1. The molecule has 4 aliphatic heterocycles. The zero-order chi connectivity index (χ0) is 24.7. The highest BCUT2D eigenvalue weighted by Gasteiger charge is 2.60. The number of hydrogen-bond donors (Lipinski definition) is 5. The number of amides is 3. The molecule has 4 aliphatic rings. The number of carbonyl (C=O) groups is 4. The molecule has 0 aromatic rings. The van der Waals surface area contributed by atoms with Crippen molar-refractivity contribution in [3.05, 3.63) is 10.6 Å². The minimum atomic E-state index is -1.12. The lowest BCUT2D eigenvalue weighted by Gasteiger charge is -2.47. The number of hydrogen-bond acceptors (Lipinski definition) is 8. The molecule has 0 aromatic carbocycles. The number of nitrogens with one attached hydrogen (secondary N) is 3. The maximum atomic E-state index is 13.0. The molecule has 4 rings (SSSR count). The van der Waals surface area contributed by atoms with Gasteiger partial charge in [-0.15, -0.1) is 11.8 Å². The van der Waals surface area contributed by atoms with Gasteiger partial charge in [0.2, 0.25) is 17.7 Å². The van der Waals surface area contributed by atoms with Crippen LogP contribution in [0, 0.1) is 11.8 Å². The fourth-order valence-electron chi connectivity index (χ4n) is 5.62. The minimum absolute atomic E-state index is 0.0250. The normalized spacial score (nSPS) is 33.7. The van der Waals surface area contributed by atoms with Gasteiger partial charge in [0.15, 0.2) is 0 Å². The summed E-state index contributed by atoms with van der Waals surface area (Å²) in [5, 5.41) is 18.9. The van der Waals surface area contributed by atoms with Crippen LogP contribution < -0.4 is 21.7 Å². The molecule has 6 N–H and O–H groups in total. The van der Waals surface area contributed by atoms with Gasteiger partial charge >= 0.3 is 5.97 Å². The topological polar surface area (TPSA) is 157 Å². The van der Waals surface area contributed by atoms with Gasteiger partial charge in [-0.3, -0.25) is 14.4 Å². The first-order valence-electron chi connectivity index (χ1n) is 11.8. The van der Waals surface area contributed by atoms with Gasteiger partial charge in [-0.2, -0.15) is 0 Å². The van der Waals surface area contributed by atoms with E-state index in [0.717, 1.165) is 6.42 Å². The molecule has 34 heavy (non-hydrogen) atoms. The summed E-state index contributed by atoms with van der Waals surface area (Å²) in [5.41, 5.74) is 5.97. The number of aliphatic carboxylic acids is 1. The number of rotatable bonds is 8. The van der Waals surface area contributed by atoms with Crippen molar-refractivity contribution in [1.29, 1.82) is 0 Å². The fourth-order valence-corrected chi connectivity index (χ4v) is 7.10. The van der Waals surface area contributed by atoms with Gasteiger partial charge in [0, 0.05) is 47.8 Å². The third-order valence-corrected chi connectivity index (χ3v) is 8.79. The molecule has 3 fully saturated rings. The molecule has 0 aromatic heterocycles. The van der Waals surface area contributed by atoms with Crippen molar-refractivity contribution in [3.8, 4) is 0 Å². The maximum absolute atomic E-state index is 13.0. The highest BCUT2D eigenvalue weighted by Crippen LogP contribution is 2.51. The molecule has 0 bridgehead atoms. The van der Waals surface area contributed by atoms with E-state index in [1.807, 2.05) is 6.92 Å². The van der Waals surface area contributed by atoms with Crippen molar-refractivity contribution in [2.45, 2.75) is 56.1 Å². The van der Waals surface area contributed by atoms with Crippen LogP contribution in [0.15, 0.2) is 10.6 Å². The van der Waals surface area contributed by atoms with Gasteiger partial charge in [0.05, 0.1) is 24.5 Å². The summed E-state index contributed by atoms with van der Waals surface area (Å²) >= 11 is 1.46. The van der Waals surface area contributed by atoms with Crippen molar-refractivity contribution in [3.63, 3.8) is 0 Å². The van der Waals surface area contributed by atoms with Crippen molar-refractivity contribution in [1.82, 2.24) is 25.8 Å². The lowest BCUT2D eigenvalue weighted by molar-refractivity contribution is -0.158. The number of fused-ring (bicyclic) bond motifs is 1. The molecule has 3 saturated heterocycles. The van der Waals surface area contributed by atoms with E-state index >= 15 is 0 Å². The molecule has 0 radical (unpaired) electrons. The highest BCUT2D eigenvalue weighted by atomic mass is 32.2. The number of nitrogens with two attached hydrogens (primary N) is 1. The third-order valence-electron chi connectivity index (χ3n) is 7.27. The summed E-state index contributed by atoms with van der Waals surface area (Å²) in [6, 6.07) is -0.983. The standard InChI is InChI=1S/C22H34N6O5S/c1-10-17-16(11(2)26-15(29)8-24-3)21(31)28(17)18(22(32)33)19(10)34-13-6-14(25-7-13)20(30)27-5-4-12(23)9-27/h10-14,16-17,24-25H,4-9,23H2,1-3H3,(H,26,29)(H,32,33)/t10-,11?,12+,13+,14+,16-,17-/m1/s1. The Morgan fingerprint density at radius 2 is 2.09 bits per heavy atom.